The Kier molecular flexibility index (Phi) is 6.48. The number of alkyl halides is 1. The summed E-state index contributed by atoms with van der Waals surface area (Å²) in [5.74, 6) is 6.95. The molecule has 86 valence electrons. The summed E-state index contributed by atoms with van der Waals surface area (Å²) in [5, 5.41) is 0. The van der Waals surface area contributed by atoms with Crippen molar-refractivity contribution in [1.29, 1.82) is 0 Å². The summed E-state index contributed by atoms with van der Waals surface area (Å²) in [6.45, 7) is 1.39. The Labute approximate surface area is 102 Å². The van der Waals surface area contributed by atoms with Gasteiger partial charge in [0.05, 0.1) is 12.5 Å². The van der Waals surface area contributed by atoms with Gasteiger partial charge in [-0.15, -0.1) is 11.6 Å². The lowest BCUT2D eigenvalue weighted by Gasteiger charge is -2.05. The van der Waals surface area contributed by atoms with Crippen LogP contribution in [0.5, 0.6) is 5.75 Å². The number of halogens is 1. The fourth-order valence-corrected chi connectivity index (χ4v) is 1.23. The second-order valence-electron chi connectivity index (χ2n) is 3.15. The molecule has 0 heterocycles. The molecule has 0 aliphatic rings. The van der Waals surface area contributed by atoms with E-state index < -0.39 is 0 Å². The zero-order chi connectivity index (χ0) is 11.6. The number of hydrogen-bond acceptors (Lipinski definition) is 2. The highest BCUT2D eigenvalue weighted by Crippen LogP contribution is 2.11. The van der Waals surface area contributed by atoms with Gasteiger partial charge in [-0.05, 0) is 24.3 Å². The molecule has 0 saturated heterocycles. The van der Waals surface area contributed by atoms with E-state index in [9.17, 15) is 0 Å². The number of methoxy groups -OCH3 is 1. The first kappa shape index (κ1) is 12.9. The normalized spacial score (nSPS) is 9.38. The largest absolute Gasteiger partial charge is 0.494 e. The summed E-state index contributed by atoms with van der Waals surface area (Å²) >= 11 is 5.47. The number of ether oxygens (including phenoxy) is 2. The molecule has 0 unspecified atom stereocenters. The minimum absolute atomic E-state index is 0.356. The first-order valence-electron chi connectivity index (χ1n) is 5.13. The molecule has 0 aliphatic carbocycles. The summed E-state index contributed by atoms with van der Waals surface area (Å²) in [6, 6.07) is 7.66. The van der Waals surface area contributed by atoms with E-state index in [1.807, 2.05) is 24.3 Å². The molecule has 0 radical (unpaired) electrons. The molecule has 16 heavy (non-hydrogen) atoms. The molecule has 0 N–H and O–H groups in total. The Bertz CT molecular complexity index is 348. The predicted molar refractivity (Wildman–Crippen MR) is 66.0 cm³/mol. The van der Waals surface area contributed by atoms with E-state index in [0.29, 0.717) is 12.5 Å². The third kappa shape index (κ3) is 5.06. The Morgan fingerprint density at radius 1 is 1.19 bits per heavy atom. The average molecular weight is 239 g/mol. The zero-order valence-electron chi connectivity index (χ0n) is 9.33. The molecule has 0 aromatic heterocycles. The van der Waals surface area contributed by atoms with E-state index in [1.165, 1.54) is 0 Å². The quantitative estimate of drug-likeness (QED) is 0.446. The zero-order valence-corrected chi connectivity index (χ0v) is 10.1. The highest BCUT2D eigenvalue weighted by Gasteiger charge is 1.93. The monoisotopic (exact) mass is 238 g/mol. The number of benzene rings is 1. The topological polar surface area (TPSA) is 18.5 Å². The summed E-state index contributed by atoms with van der Waals surface area (Å²) in [4.78, 5) is 0. The number of rotatable bonds is 5. The average Bonchev–Trinajstić information content (AvgIpc) is 2.33. The van der Waals surface area contributed by atoms with Crippen LogP contribution in [0.2, 0.25) is 0 Å². The molecule has 0 fully saturated rings. The van der Waals surface area contributed by atoms with Crippen LogP contribution in [0.3, 0.4) is 0 Å². The second-order valence-corrected chi connectivity index (χ2v) is 3.42. The maximum Gasteiger partial charge on any atom is 0.119 e. The molecule has 0 spiro atoms. The van der Waals surface area contributed by atoms with Crippen molar-refractivity contribution in [3.8, 4) is 17.6 Å². The number of hydrogen-bond donors (Lipinski definition) is 0. The van der Waals surface area contributed by atoms with Crippen molar-refractivity contribution < 1.29 is 9.47 Å². The lowest BCUT2D eigenvalue weighted by atomic mass is 10.2. The maximum atomic E-state index is 5.51. The van der Waals surface area contributed by atoms with Gasteiger partial charge in [0.25, 0.3) is 0 Å². The van der Waals surface area contributed by atoms with Crippen LogP contribution in [-0.4, -0.2) is 26.2 Å². The van der Waals surface area contributed by atoms with E-state index in [0.717, 1.165) is 24.3 Å². The minimum Gasteiger partial charge on any atom is -0.494 e. The van der Waals surface area contributed by atoms with Crippen LogP contribution in [0.25, 0.3) is 0 Å². The summed E-state index contributed by atoms with van der Waals surface area (Å²) in [6.07, 6.45) is 0.893. The summed E-state index contributed by atoms with van der Waals surface area (Å²) in [5.41, 5.74) is 0.949. The lowest BCUT2D eigenvalue weighted by molar-refractivity contribution is 0.172. The maximum absolute atomic E-state index is 5.51. The van der Waals surface area contributed by atoms with Crippen LogP contribution in [0, 0.1) is 11.8 Å². The van der Waals surface area contributed by atoms with Crippen molar-refractivity contribution in [3.63, 3.8) is 0 Å². The van der Waals surface area contributed by atoms with Crippen molar-refractivity contribution >= 4 is 11.6 Å². The Morgan fingerprint density at radius 2 is 1.94 bits per heavy atom. The van der Waals surface area contributed by atoms with Crippen LogP contribution >= 0.6 is 11.6 Å². The van der Waals surface area contributed by atoms with E-state index in [1.54, 1.807) is 7.11 Å². The van der Waals surface area contributed by atoms with E-state index in [4.69, 9.17) is 21.1 Å². The minimum atomic E-state index is 0.356. The van der Waals surface area contributed by atoms with Gasteiger partial charge in [-0.3, -0.25) is 0 Å². The standard InChI is InChI=1S/C13H15ClO2/c1-15-10-3-11-16-13-7-5-12(6-8-13)4-2-9-14/h5-8H,3,9-11H2,1H3. The van der Waals surface area contributed by atoms with Gasteiger partial charge in [0.15, 0.2) is 0 Å². The second kappa shape index (κ2) is 8.04. The van der Waals surface area contributed by atoms with Crippen molar-refractivity contribution in [1.82, 2.24) is 0 Å². The van der Waals surface area contributed by atoms with Crippen molar-refractivity contribution in [2.24, 2.45) is 0 Å². The van der Waals surface area contributed by atoms with E-state index in [-0.39, 0.29) is 0 Å². The van der Waals surface area contributed by atoms with Gasteiger partial charge in [0.2, 0.25) is 0 Å². The molecule has 1 aromatic rings. The van der Waals surface area contributed by atoms with E-state index >= 15 is 0 Å². The van der Waals surface area contributed by atoms with Crippen LogP contribution in [-0.2, 0) is 4.74 Å². The molecule has 3 heteroatoms. The molecule has 0 amide bonds. The molecule has 0 bridgehead atoms. The van der Waals surface area contributed by atoms with Crippen LogP contribution in [0.4, 0.5) is 0 Å². The van der Waals surface area contributed by atoms with Crippen molar-refractivity contribution in [2.45, 2.75) is 6.42 Å². The molecule has 0 aliphatic heterocycles. The van der Waals surface area contributed by atoms with Crippen LogP contribution in [0.1, 0.15) is 12.0 Å². The Hall–Kier alpha value is -1.17. The van der Waals surface area contributed by atoms with Crippen LogP contribution < -0.4 is 4.74 Å². The first-order valence-corrected chi connectivity index (χ1v) is 5.67. The van der Waals surface area contributed by atoms with Gasteiger partial charge >= 0.3 is 0 Å². The molecule has 1 rings (SSSR count). The van der Waals surface area contributed by atoms with Gasteiger partial charge in [0, 0.05) is 25.7 Å². The predicted octanol–water partition coefficient (Wildman–Crippen LogP) is 2.69. The molecular formula is C13H15ClO2. The third-order valence-electron chi connectivity index (χ3n) is 1.92. The summed E-state index contributed by atoms with van der Waals surface area (Å²) < 4.78 is 10.4. The first-order chi connectivity index (χ1) is 7.86. The molecular weight excluding hydrogens is 224 g/mol. The summed E-state index contributed by atoms with van der Waals surface area (Å²) in [7, 11) is 1.68. The molecule has 0 atom stereocenters. The molecule has 1 aromatic carbocycles. The SMILES string of the molecule is COCCCOc1ccc(C#CCCl)cc1. The lowest BCUT2D eigenvalue weighted by Crippen LogP contribution is -2.01. The van der Waals surface area contributed by atoms with Crippen molar-refractivity contribution in [2.75, 3.05) is 26.2 Å². The third-order valence-corrected chi connectivity index (χ3v) is 2.05. The van der Waals surface area contributed by atoms with Gasteiger partial charge in [-0.2, -0.15) is 0 Å². The van der Waals surface area contributed by atoms with Gasteiger partial charge in [-0.25, -0.2) is 0 Å². The highest BCUT2D eigenvalue weighted by atomic mass is 35.5. The fraction of sp³-hybridized carbons (Fsp3) is 0.385. The van der Waals surface area contributed by atoms with Crippen LogP contribution in [0.15, 0.2) is 24.3 Å². The fourth-order valence-electron chi connectivity index (χ4n) is 1.16. The van der Waals surface area contributed by atoms with Crippen molar-refractivity contribution in [3.05, 3.63) is 29.8 Å². The van der Waals surface area contributed by atoms with E-state index in [2.05, 4.69) is 11.8 Å². The highest BCUT2D eigenvalue weighted by molar-refractivity contribution is 6.19. The molecule has 2 nitrogen and oxygen atoms in total. The van der Waals surface area contributed by atoms with Gasteiger partial charge in [0.1, 0.15) is 5.75 Å². The molecule has 0 saturated carbocycles. The Morgan fingerprint density at radius 3 is 2.56 bits per heavy atom. The van der Waals surface area contributed by atoms with Gasteiger partial charge in [-0.1, -0.05) is 11.8 Å². The van der Waals surface area contributed by atoms with Gasteiger partial charge < -0.3 is 9.47 Å². The Balaban J connectivity index is 2.39. The smallest absolute Gasteiger partial charge is 0.119 e.